The number of tetrazole rings is 1. The quantitative estimate of drug-likeness (QED) is 0.442. The summed E-state index contributed by atoms with van der Waals surface area (Å²) in [5, 5.41) is 14.1. The molecule has 1 aromatic heterocycles. The molecule has 176 valence electrons. The number of nitrogens with zero attached hydrogens (tertiary/aromatic N) is 5. The Morgan fingerprint density at radius 1 is 0.829 bits per heavy atom. The predicted octanol–water partition coefficient (Wildman–Crippen LogP) is 3.68. The largest absolute Gasteiger partial charge is 0.416 e. The second-order valence-corrected chi connectivity index (χ2v) is 7.86. The van der Waals surface area contributed by atoms with Gasteiger partial charge in [0, 0.05) is 0 Å². The molecule has 35 heavy (non-hydrogen) atoms. The van der Waals surface area contributed by atoms with Crippen LogP contribution in [0.4, 0.5) is 18.0 Å². The molecule has 5 rings (SSSR count). The van der Waals surface area contributed by atoms with Crippen molar-refractivity contribution in [2.75, 3.05) is 0 Å². The van der Waals surface area contributed by atoms with Crippen LogP contribution in [0.1, 0.15) is 22.5 Å². The molecule has 3 aromatic carbocycles. The summed E-state index contributed by atoms with van der Waals surface area (Å²) in [6, 6.07) is 21.3. The summed E-state index contributed by atoms with van der Waals surface area (Å²) in [4.78, 5) is 27.9. The number of nitrogens with one attached hydrogen (secondary N) is 1. The number of hydrogen-bond acceptors (Lipinski definition) is 5. The standard InChI is InChI=1S/C24H17F3N6O2/c25-24(26,27)18-11-13-19(14-12-18)33-20(29-30-31-33)15-32-21(34)23(28-22(32)35,16-7-3-1-4-8-16)17-9-5-2-6-10-17/h1-14H,15H2,(H,28,35). The van der Waals surface area contributed by atoms with Crippen molar-refractivity contribution in [2.24, 2.45) is 0 Å². The Kier molecular flexibility index (Phi) is 5.31. The molecular weight excluding hydrogens is 461 g/mol. The van der Waals surface area contributed by atoms with Crippen molar-refractivity contribution in [1.29, 1.82) is 0 Å². The molecule has 3 amide bonds. The van der Waals surface area contributed by atoms with Gasteiger partial charge in [0.2, 0.25) is 0 Å². The van der Waals surface area contributed by atoms with Gasteiger partial charge in [0.1, 0.15) is 0 Å². The Bertz CT molecular complexity index is 1330. The lowest BCUT2D eigenvalue weighted by molar-refractivity contribution is -0.137. The van der Waals surface area contributed by atoms with E-state index in [1.165, 1.54) is 16.8 Å². The average molecular weight is 478 g/mol. The molecule has 0 bridgehead atoms. The molecule has 1 aliphatic rings. The lowest BCUT2D eigenvalue weighted by Crippen LogP contribution is -2.45. The van der Waals surface area contributed by atoms with Gasteiger partial charge in [0.05, 0.1) is 17.8 Å². The summed E-state index contributed by atoms with van der Waals surface area (Å²) >= 11 is 0. The first-order valence-corrected chi connectivity index (χ1v) is 10.5. The van der Waals surface area contributed by atoms with Crippen molar-refractivity contribution in [1.82, 2.24) is 30.4 Å². The Balaban J connectivity index is 1.50. The number of halogens is 3. The zero-order valence-corrected chi connectivity index (χ0v) is 18.0. The lowest BCUT2D eigenvalue weighted by Gasteiger charge is -2.28. The van der Waals surface area contributed by atoms with Gasteiger partial charge in [0.15, 0.2) is 11.4 Å². The smallest absolute Gasteiger partial charge is 0.315 e. The summed E-state index contributed by atoms with van der Waals surface area (Å²) in [5.74, 6) is -0.424. The number of urea groups is 1. The van der Waals surface area contributed by atoms with Gasteiger partial charge in [-0.15, -0.1) is 5.10 Å². The van der Waals surface area contributed by atoms with Crippen molar-refractivity contribution in [3.05, 3.63) is 107 Å². The third kappa shape index (κ3) is 3.80. The monoisotopic (exact) mass is 478 g/mol. The van der Waals surface area contributed by atoms with Gasteiger partial charge in [-0.2, -0.15) is 17.9 Å². The topological polar surface area (TPSA) is 93.0 Å². The zero-order chi connectivity index (χ0) is 24.6. The number of hydrogen-bond donors (Lipinski definition) is 1. The molecule has 2 heterocycles. The second kappa shape index (κ2) is 8.35. The van der Waals surface area contributed by atoms with Gasteiger partial charge in [0.25, 0.3) is 5.91 Å². The lowest BCUT2D eigenvalue weighted by atomic mass is 9.82. The van der Waals surface area contributed by atoms with E-state index >= 15 is 0 Å². The number of carbonyl (C=O) groups is 2. The second-order valence-electron chi connectivity index (χ2n) is 7.86. The molecule has 0 spiro atoms. The van der Waals surface area contributed by atoms with Crippen LogP contribution in [0.25, 0.3) is 5.69 Å². The fourth-order valence-corrected chi connectivity index (χ4v) is 4.09. The number of imide groups is 1. The molecule has 4 aromatic rings. The molecule has 11 heteroatoms. The fourth-order valence-electron chi connectivity index (χ4n) is 4.09. The van der Waals surface area contributed by atoms with Crippen LogP contribution in [-0.2, 0) is 23.1 Å². The van der Waals surface area contributed by atoms with Crippen molar-refractivity contribution >= 4 is 11.9 Å². The van der Waals surface area contributed by atoms with E-state index in [0.717, 1.165) is 17.0 Å². The SMILES string of the molecule is O=C1NC(c2ccccc2)(c2ccccc2)C(=O)N1Cc1nnnn1-c1ccc(C(F)(F)F)cc1. The van der Waals surface area contributed by atoms with Crippen LogP contribution in [0.5, 0.6) is 0 Å². The first-order chi connectivity index (χ1) is 16.8. The number of alkyl halides is 3. The van der Waals surface area contributed by atoms with Crippen LogP contribution in [0.3, 0.4) is 0 Å². The number of carbonyl (C=O) groups excluding carboxylic acids is 2. The first kappa shape index (κ1) is 22.3. The predicted molar refractivity (Wildman–Crippen MR) is 117 cm³/mol. The minimum absolute atomic E-state index is 0.102. The highest BCUT2D eigenvalue weighted by Gasteiger charge is 2.54. The molecular formula is C24H17F3N6O2. The maximum atomic E-state index is 13.8. The van der Waals surface area contributed by atoms with E-state index in [-0.39, 0.29) is 18.1 Å². The highest BCUT2D eigenvalue weighted by Crippen LogP contribution is 2.36. The fraction of sp³-hybridized carbons (Fsp3) is 0.125. The molecule has 0 unspecified atom stereocenters. The Morgan fingerprint density at radius 3 is 1.94 bits per heavy atom. The minimum Gasteiger partial charge on any atom is -0.315 e. The van der Waals surface area contributed by atoms with Crippen molar-refractivity contribution < 1.29 is 22.8 Å². The van der Waals surface area contributed by atoms with Crippen LogP contribution < -0.4 is 5.32 Å². The van der Waals surface area contributed by atoms with E-state index in [4.69, 9.17) is 0 Å². The number of rotatable bonds is 5. The molecule has 0 atom stereocenters. The van der Waals surface area contributed by atoms with Crippen molar-refractivity contribution in [3.63, 3.8) is 0 Å². The highest BCUT2D eigenvalue weighted by molar-refractivity contribution is 6.09. The van der Waals surface area contributed by atoms with E-state index in [1.807, 2.05) is 0 Å². The Morgan fingerprint density at radius 2 is 1.40 bits per heavy atom. The van der Waals surface area contributed by atoms with E-state index in [1.54, 1.807) is 60.7 Å². The van der Waals surface area contributed by atoms with E-state index in [0.29, 0.717) is 11.1 Å². The molecule has 0 aliphatic carbocycles. The van der Waals surface area contributed by atoms with Crippen LogP contribution in [-0.4, -0.2) is 37.0 Å². The van der Waals surface area contributed by atoms with E-state index < -0.39 is 29.2 Å². The summed E-state index contributed by atoms with van der Waals surface area (Å²) in [6.45, 7) is -0.292. The first-order valence-electron chi connectivity index (χ1n) is 10.5. The Labute approximate surface area is 197 Å². The van der Waals surface area contributed by atoms with E-state index in [2.05, 4.69) is 20.8 Å². The summed E-state index contributed by atoms with van der Waals surface area (Å²) in [7, 11) is 0. The molecule has 1 saturated heterocycles. The van der Waals surface area contributed by atoms with Crippen molar-refractivity contribution in [3.8, 4) is 5.69 Å². The maximum Gasteiger partial charge on any atom is 0.416 e. The maximum absolute atomic E-state index is 13.8. The Hall–Kier alpha value is -4.54. The third-order valence-corrected chi connectivity index (χ3v) is 5.79. The summed E-state index contributed by atoms with van der Waals surface area (Å²) in [5.41, 5.74) is -0.863. The number of aromatic nitrogens is 4. The molecule has 1 aliphatic heterocycles. The average Bonchev–Trinajstić information content (AvgIpc) is 3.43. The van der Waals surface area contributed by atoms with Crippen LogP contribution >= 0.6 is 0 Å². The van der Waals surface area contributed by atoms with E-state index in [9.17, 15) is 22.8 Å². The molecule has 0 saturated carbocycles. The van der Waals surface area contributed by atoms with Gasteiger partial charge in [-0.3, -0.25) is 9.69 Å². The summed E-state index contributed by atoms with van der Waals surface area (Å²) in [6.07, 6.45) is -4.49. The summed E-state index contributed by atoms with van der Waals surface area (Å²) < 4.78 is 39.9. The normalized spacial score (nSPS) is 15.3. The van der Waals surface area contributed by atoms with Gasteiger partial charge in [-0.1, -0.05) is 60.7 Å². The third-order valence-electron chi connectivity index (χ3n) is 5.79. The van der Waals surface area contributed by atoms with Crippen LogP contribution in [0.15, 0.2) is 84.9 Å². The molecule has 0 radical (unpaired) electrons. The van der Waals surface area contributed by atoms with Gasteiger partial charge in [-0.05, 0) is 45.8 Å². The number of benzene rings is 3. The minimum atomic E-state index is -4.49. The molecule has 1 N–H and O–H groups in total. The van der Waals surface area contributed by atoms with Crippen LogP contribution in [0, 0.1) is 0 Å². The van der Waals surface area contributed by atoms with Crippen molar-refractivity contribution in [2.45, 2.75) is 18.3 Å². The van der Waals surface area contributed by atoms with Gasteiger partial charge >= 0.3 is 12.2 Å². The molecule has 1 fully saturated rings. The molecule has 8 nitrogen and oxygen atoms in total. The number of amides is 3. The van der Waals surface area contributed by atoms with Gasteiger partial charge in [-0.25, -0.2) is 4.79 Å². The van der Waals surface area contributed by atoms with Gasteiger partial charge < -0.3 is 5.32 Å². The zero-order valence-electron chi connectivity index (χ0n) is 18.0. The van der Waals surface area contributed by atoms with Crippen LogP contribution in [0.2, 0.25) is 0 Å². The highest BCUT2D eigenvalue weighted by atomic mass is 19.4.